The van der Waals surface area contributed by atoms with E-state index >= 15 is 0 Å². The van der Waals surface area contributed by atoms with Gasteiger partial charge in [0.05, 0.1) is 12.2 Å². The van der Waals surface area contributed by atoms with E-state index in [9.17, 15) is 4.79 Å². The van der Waals surface area contributed by atoms with Crippen molar-refractivity contribution in [3.05, 3.63) is 0 Å². The van der Waals surface area contributed by atoms with E-state index in [0.29, 0.717) is 13.2 Å². The quantitative estimate of drug-likeness (QED) is 0.749. The minimum atomic E-state index is -0.472. The van der Waals surface area contributed by atoms with Gasteiger partial charge in [0.2, 0.25) is 0 Å². The third-order valence-corrected chi connectivity index (χ3v) is 3.35. The molecule has 1 fully saturated rings. The molecule has 0 aromatic carbocycles. The lowest BCUT2D eigenvalue weighted by Crippen LogP contribution is -2.62. The number of nitrogens with one attached hydrogen (secondary N) is 2. The maximum Gasteiger partial charge on any atom is 0.407 e. The van der Waals surface area contributed by atoms with Crippen molar-refractivity contribution in [2.24, 2.45) is 0 Å². The molecule has 1 amide bonds. The van der Waals surface area contributed by atoms with Crippen molar-refractivity contribution in [3.63, 3.8) is 0 Å². The number of amides is 1. The summed E-state index contributed by atoms with van der Waals surface area (Å²) in [6.45, 7) is 10.8. The van der Waals surface area contributed by atoms with Gasteiger partial charge in [-0.25, -0.2) is 4.79 Å². The van der Waals surface area contributed by atoms with Crippen molar-refractivity contribution in [1.82, 2.24) is 10.6 Å². The van der Waals surface area contributed by atoms with E-state index in [2.05, 4.69) is 10.6 Å². The van der Waals surface area contributed by atoms with Crippen LogP contribution in [0.2, 0.25) is 0 Å². The van der Waals surface area contributed by atoms with Gasteiger partial charge in [0.15, 0.2) is 0 Å². The number of carbonyl (C=O) groups excluding carboxylic acids is 1. The summed E-state index contributed by atoms with van der Waals surface area (Å²) >= 11 is 0. The van der Waals surface area contributed by atoms with Crippen molar-refractivity contribution in [3.8, 4) is 0 Å². The van der Waals surface area contributed by atoms with Crippen molar-refractivity contribution < 1.29 is 19.0 Å². The van der Waals surface area contributed by atoms with Crippen LogP contribution < -0.4 is 10.6 Å². The van der Waals surface area contributed by atoms with Crippen LogP contribution in [0.15, 0.2) is 0 Å². The summed E-state index contributed by atoms with van der Waals surface area (Å²) in [6, 6.07) is 0.407. The van der Waals surface area contributed by atoms with Crippen LogP contribution in [0.3, 0.4) is 0 Å². The highest BCUT2D eigenvalue weighted by Gasteiger charge is 2.42. The SMILES string of the molecule is CCOC1CC(NC(C)CNC(=O)OC(C)(C)C)C1OC. The highest BCUT2D eigenvalue weighted by molar-refractivity contribution is 5.67. The van der Waals surface area contributed by atoms with Gasteiger partial charge in [0, 0.05) is 32.3 Å². The zero-order valence-corrected chi connectivity index (χ0v) is 14.1. The molecule has 0 saturated heterocycles. The summed E-state index contributed by atoms with van der Waals surface area (Å²) in [5.41, 5.74) is -0.472. The number of carbonyl (C=O) groups is 1. The van der Waals surface area contributed by atoms with Gasteiger partial charge in [-0.2, -0.15) is 0 Å². The molecule has 2 N–H and O–H groups in total. The first kappa shape index (κ1) is 18.2. The monoisotopic (exact) mass is 302 g/mol. The molecule has 0 aromatic heterocycles. The molecule has 6 heteroatoms. The fourth-order valence-corrected chi connectivity index (χ4v) is 2.41. The predicted octanol–water partition coefficient (Wildman–Crippen LogP) is 1.68. The van der Waals surface area contributed by atoms with Gasteiger partial charge in [-0.1, -0.05) is 0 Å². The minimum absolute atomic E-state index is 0.0777. The lowest BCUT2D eigenvalue weighted by Gasteiger charge is -2.44. The molecular formula is C15H30N2O4. The molecule has 1 aliphatic rings. The Morgan fingerprint density at radius 2 is 2.05 bits per heavy atom. The third-order valence-electron chi connectivity index (χ3n) is 3.35. The first-order chi connectivity index (χ1) is 9.76. The average molecular weight is 302 g/mol. The molecule has 1 saturated carbocycles. The second kappa shape index (κ2) is 7.96. The second-order valence-corrected chi connectivity index (χ2v) is 6.49. The number of alkyl carbamates (subject to hydrolysis) is 1. The number of hydrogen-bond acceptors (Lipinski definition) is 5. The Morgan fingerprint density at radius 1 is 1.38 bits per heavy atom. The van der Waals surface area contributed by atoms with Crippen molar-refractivity contribution in [2.45, 2.75) is 70.9 Å². The molecule has 0 heterocycles. The van der Waals surface area contributed by atoms with Crippen LogP contribution in [0.5, 0.6) is 0 Å². The maximum atomic E-state index is 11.6. The highest BCUT2D eigenvalue weighted by atomic mass is 16.6. The Balaban J connectivity index is 2.25. The Labute approximate surface area is 127 Å². The number of rotatable bonds is 7. The third kappa shape index (κ3) is 6.20. The molecule has 1 rings (SSSR count). The van der Waals surface area contributed by atoms with Gasteiger partial charge >= 0.3 is 6.09 Å². The van der Waals surface area contributed by atoms with Gasteiger partial charge in [-0.3, -0.25) is 0 Å². The molecule has 0 spiro atoms. The van der Waals surface area contributed by atoms with Gasteiger partial charge in [0.1, 0.15) is 5.60 Å². The van der Waals surface area contributed by atoms with Gasteiger partial charge in [0.25, 0.3) is 0 Å². The molecule has 4 unspecified atom stereocenters. The topological polar surface area (TPSA) is 68.8 Å². The Morgan fingerprint density at radius 3 is 2.57 bits per heavy atom. The van der Waals surface area contributed by atoms with Crippen LogP contribution in [-0.4, -0.2) is 56.2 Å². The maximum absolute atomic E-state index is 11.6. The van der Waals surface area contributed by atoms with Crippen molar-refractivity contribution in [1.29, 1.82) is 0 Å². The van der Waals surface area contributed by atoms with Crippen LogP contribution in [0.25, 0.3) is 0 Å². The number of ether oxygens (including phenoxy) is 3. The zero-order chi connectivity index (χ0) is 16.0. The Hall–Kier alpha value is -0.850. The van der Waals surface area contributed by atoms with Crippen LogP contribution in [-0.2, 0) is 14.2 Å². The number of methoxy groups -OCH3 is 1. The molecule has 0 bridgehead atoms. The smallest absolute Gasteiger partial charge is 0.407 e. The fourth-order valence-electron chi connectivity index (χ4n) is 2.41. The predicted molar refractivity (Wildman–Crippen MR) is 81.5 cm³/mol. The Kier molecular flexibility index (Phi) is 6.90. The molecule has 21 heavy (non-hydrogen) atoms. The van der Waals surface area contributed by atoms with E-state index in [1.807, 2.05) is 34.6 Å². The van der Waals surface area contributed by atoms with Gasteiger partial charge in [-0.05, 0) is 41.0 Å². The Bertz CT molecular complexity index is 330. The van der Waals surface area contributed by atoms with E-state index in [0.717, 1.165) is 6.42 Å². The van der Waals surface area contributed by atoms with Crippen LogP contribution in [0, 0.1) is 0 Å². The molecule has 0 radical (unpaired) electrons. The lowest BCUT2D eigenvalue weighted by molar-refractivity contribution is -0.132. The number of hydrogen-bond donors (Lipinski definition) is 2. The first-order valence-corrected chi connectivity index (χ1v) is 7.64. The van der Waals surface area contributed by atoms with E-state index < -0.39 is 5.60 Å². The van der Waals surface area contributed by atoms with Crippen LogP contribution in [0.1, 0.15) is 41.0 Å². The zero-order valence-electron chi connectivity index (χ0n) is 14.1. The molecule has 0 aliphatic heterocycles. The van der Waals surface area contributed by atoms with E-state index in [1.54, 1.807) is 7.11 Å². The molecule has 124 valence electrons. The average Bonchev–Trinajstić information content (AvgIpc) is 2.33. The highest BCUT2D eigenvalue weighted by Crippen LogP contribution is 2.27. The summed E-state index contributed by atoms with van der Waals surface area (Å²) in [7, 11) is 1.70. The molecule has 6 nitrogen and oxygen atoms in total. The lowest BCUT2D eigenvalue weighted by atomic mass is 9.84. The summed E-state index contributed by atoms with van der Waals surface area (Å²) in [6.07, 6.45) is 0.793. The normalized spacial score (nSPS) is 26.9. The molecular weight excluding hydrogens is 272 g/mol. The summed E-state index contributed by atoms with van der Waals surface area (Å²) in [4.78, 5) is 11.6. The standard InChI is InChI=1S/C15H30N2O4/c1-7-20-12-8-11(13(12)19-6)17-10(2)9-16-14(18)21-15(3,4)5/h10-13,17H,7-9H2,1-6H3,(H,16,18). The van der Waals surface area contributed by atoms with E-state index in [-0.39, 0.29) is 30.4 Å². The summed E-state index contributed by atoms with van der Waals surface area (Å²) in [5, 5.41) is 6.21. The molecule has 4 atom stereocenters. The largest absolute Gasteiger partial charge is 0.444 e. The molecule has 0 aromatic rings. The summed E-state index contributed by atoms with van der Waals surface area (Å²) < 4.78 is 16.3. The summed E-state index contributed by atoms with van der Waals surface area (Å²) in [5.74, 6) is 0. The van der Waals surface area contributed by atoms with Crippen LogP contribution in [0.4, 0.5) is 4.79 Å². The van der Waals surface area contributed by atoms with Gasteiger partial charge in [-0.15, -0.1) is 0 Å². The first-order valence-electron chi connectivity index (χ1n) is 7.64. The molecule has 1 aliphatic carbocycles. The van der Waals surface area contributed by atoms with E-state index in [1.165, 1.54) is 0 Å². The van der Waals surface area contributed by atoms with Gasteiger partial charge < -0.3 is 24.8 Å². The second-order valence-electron chi connectivity index (χ2n) is 6.49. The fraction of sp³-hybridized carbons (Fsp3) is 0.933. The minimum Gasteiger partial charge on any atom is -0.444 e. The van der Waals surface area contributed by atoms with E-state index in [4.69, 9.17) is 14.2 Å². The van der Waals surface area contributed by atoms with Crippen molar-refractivity contribution >= 4 is 6.09 Å². The van der Waals surface area contributed by atoms with Crippen molar-refractivity contribution in [2.75, 3.05) is 20.3 Å². The van der Waals surface area contributed by atoms with Crippen LogP contribution >= 0.6 is 0 Å².